The Morgan fingerprint density at radius 3 is 2.69 bits per heavy atom. The molecule has 16 heavy (non-hydrogen) atoms. The van der Waals surface area contributed by atoms with Crippen LogP contribution in [0.15, 0.2) is 30.3 Å². The van der Waals surface area contributed by atoms with Gasteiger partial charge in [-0.05, 0) is 12.5 Å². The van der Waals surface area contributed by atoms with E-state index in [4.69, 9.17) is 10.5 Å². The second kappa shape index (κ2) is 4.53. The van der Waals surface area contributed by atoms with Gasteiger partial charge < -0.3 is 10.5 Å². The number of methoxy groups -OCH3 is 1. The van der Waals surface area contributed by atoms with Gasteiger partial charge in [0.05, 0.1) is 0 Å². The van der Waals surface area contributed by atoms with Crippen LogP contribution in [-0.4, -0.2) is 30.3 Å². The number of hydrogen-bond donors (Lipinski definition) is 1. The average Bonchev–Trinajstić information content (AvgIpc) is 2.60. The van der Waals surface area contributed by atoms with Crippen molar-refractivity contribution in [2.24, 2.45) is 5.73 Å². The zero-order valence-electron chi connectivity index (χ0n) is 10.0. The standard InChI is InChI=1S/C13H20N2O/c1-11-13(14,16-2)8-9-15(11)10-12-6-4-3-5-7-12/h3-7,11H,8-10,14H2,1-2H3. The lowest BCUT2D eigenvalue weighted by atomic mass is 10.1. The molecule has 0 aromatic heterocycles. The van der Waals surface area contributed by atoms with E-state index < -0.39 is 5.72 Å². The summed E-state index contributed by atoms with van der Waals surface area (Å²) in [5.74, 6) is 0. The third kappa shape index (κ3) is 2.12. The molecular formula is C13H20N2O. The van der Waals surface area contributed by atoms with Crippen LogP contribution < -0.4 is 5.73 Å². The summed E-state index contributed by atoms with van der Waals surface area (Å²) in [6.07, 6.45) is 0.900. The zero-order valence-corrected chi connectivity index (χ0v) is 10.0. The van der Waals surface area contributed by atoms with Gasteiger partial charge in [-0.25, -0.2) is 0 Å². The van der Waals surface area contributed by atoms with E-state index in [-0.39, 0.29) is 6.04 Å². The van der Waals surface area contributed by atoms with E-state index in [1.165, 1.54) is 5.56 Å². The molecule has 0 amide bonds. The number of rotatable bonds is 3. The SMILES string of the molecule is COC1(N)CCN(Cc2ccccc2)C1C. The lowest BCUT2D eigenvalue weighted by molar-refractivity contribution is -0.0281. The zero-order chi connectivity index (χ0) is 11.6. The van der Waals surface area contributed by atoms with Gasteiger partial charge in [0, 0.05) is 32.7 Å². The Kier molecular flexibility index (Phi) is 3.28. The van der Waals surface area contributed by atoms with Crippen LogP contribution in [0.2, 0.25) is 0 Å². The fraction of sp³-hybridized carbons (Fsp3) is 0.538. The van der Waals surface area contributed by atoms with Gasteiger partial charge in [-0.1, -0.05) is 30.3 Å². The Hall–Kier alpha value is -0.900. The van der Waals surface area contributed by atoms with E-state index in [2.05, 4.69) is 36.1 Å². The first-order chi connectivity index (χ1) is 7.65. The fourth-order valence-corrected chi connectivity index (χ4v) is 2.34. The Bertz CT molecular complexity index is 341. The molecule has 1 aromatic carbocycles. The molecule has 2 unspecified atom stereocenters. The topological polar surface area (TPSA) is 38.5 Å². The summed E-state index contributed by atoms with van der Waals surface area (Å²) in [5, 5.41) is 0. The van der Waals surface area contributed by atoms with E-state index in [1.54, 1.807) is 7.11 Å². The average molecular weight is 220 g/mol. The Balaban J connectivity index is 2.03. The minimum atomic E-state index is -0.477. The van der Waals surface area contributed by atoms with Crippen molar-refractivity contribution >= 4 is 0 Å². The number of ether oxygens (including phenoxy) is 1. The fourth-order valence-electron chi connectivity index (χ4n) is 2.34. The van der Waals surface area contributed by atoms with Gasteiger partial charge in [-0.15, -0.1) is 0 Å². The van der Waals surface area contributed by atoms with Crippen molar-refractivity contribution in [1.82, 2.24) is 4.90 Å². The van der Waals surface area contributed by atoms with Crippen molar-refractivity contribution in [3.8, 4) is 0 Å². The molecule has 2 rings (SSSR count). The highest BCUT2D eigenvalue weighted by molar-refractivity contribution is 5.15. The summed E-state index contributed by atoms with van der Waals surface area (Å²) in [4.78, 5) is 2.37. The first-order valence-electron chi connectivity index (χ1n) is 5.78. The normalized spacial score (nSPS) is 30.8. The predicted octanol–water partition coefficient (Wildman–Crippen LogP) is 1.58. The number of nitrogens with zero attached hydrogens (tertiary/aromatic N) is 1. The molecule has 1 aromatic rings. The summed E-state index contributed by atoms with van der Waals surface area (Å²) < 4.78 is 5.41. The molecule has 1 aliphatic heterocycles. The molecule has 0 bridgehead atoms. The van der Waals surface area contributed by atoms with Crippen LogP contribution in [0.4, 0.5) is 0 Å². The van der Waals surface area contributed by atoms with Crippen LogP contribution in [0, 0.1) is 0 Å². The maximum Gasteiger partial charge on any atom is 0.132 e. The number of hydrogen-bond acceptors (Lipinski definition) is 3. The molecule has 1 heterocycles. The van der Waals surface area contributed by atoms with Gasteiger partial charge in [0.1, 0.15) is 5.72 Å². The molecule has 0 saturated carbocycles. The lowest BCUT2D eigenvalue weighted by Gasteiger charge is -2.31. The highest BCUT2D eigenvalue weighted by atomic mass is 16.5. The van der Waals surface area contributed by atoms with Crippen molar-refractivity contribution in [3.05, 3.63) is 35.9 Å². The van der Waals surface area contributed by atoms with Crippen LogP contribution in [0.3, 0.4) is 0 Å². The van der Waals surface area contributed by atoms with Crippen molar-refractivity contribution in [2.75, 3.05) is 13.7 Å². The van der Waals surface area contributed by atoms with E-state index in [0.29, 0.717) is 0 Å². The van der Waals surface area contributed by atoms with Crippen molar-refractivity contribution < 1.29 is 4.74 Å². The predicted molar refractivity (Wildman–Crippen MR) is 64.9 cm³/mol. The minimum absolute atomic E-state index is 0.262. The third-order valence-corrected chi connectivity index (χ3v) is 3.65. The van der Waals surface area contributed by atoms with Crippen LogP contribution in [0.25, 0.3) is 0 Å². The maximum absolute atomic E-state index is 6.18. The second-order valence-electron chi connectivity index (χ2n) is 4.54. The van der Waals surface area contributed by atoms with Crippen LogP contribution >= 0.6 is 0 Å². The molecule has 1 aliphatic rings. The highest BCUT2D eigenvalue weighted by Crippen LogP contribution is 2.28. The summed E-state index contributed by atoms with van der Waals surface area (Å²) in [6, 6.07) is 10.7. The van der Waals surface area contributed by atoms with E-state index in [9.17, 15) is 0 Å². The lowest BCUT2D eigenvalue weighted by Crippen LogP contribution is -2.51. The smallest absolute Gasteiger partial charge is 0.132 e. The van der Waals surface area contributed by atoms with Crippen molar-refractivity contribution in [1.29, 1.82) is 0 Å². The van der Waals surface area contributed by atoms with Crippen LogP contribution in [-0.2, 0) is 11.3 Å². The van der Waals surface area contributed by atoms with Crippen molar-refractivity contribution in [3.63, 3.8) is 0 Å². The first kappa shape index (κ1) is 11.6. The summed E-state index contributed by atoms with van der Waals surface area (Å²) in [6.45, 7) is 4.09. The number of nitrogens with two attached hydrogens (primary N) is 1. The number of likely N-dealkylation sites (tertiary alicyclic amines) is 1. The van der Waals surface area contributed by atoms with Gasteiger partial charge in [-0.3, -0.25) is 4.90 Å². The summed E-state index contributed by atoms with van der Waals surface area (Å²) in [5.41, 5.74) is 7.03. The Morgan fingerprint density at radius 2 is 2.12 bits per heavy atom. The Labute approximate surface area is 97.2 Å². The van der Waals surface area contributed by atoms with Gasteiger partial charge in [-0.2, -0.15) is 0 Å². The molecule has 0 radical (unpaired) electrons. The molecule has 3 heteroatoms. The van der Waals surface area contributed by atoms with E-state index in [0.717, 1.165) is 19.5 Å². The molecular weight excluding hydrogens is 200 g/mol. The molecule has 3 nitrogen and oxygen atoms in total. The molecule has 0 aliphatic carbocycles. The molecule has 0 spiro atoms. The molecule has 1 saturated heterocycles. The van der Waals surface area contributed by atoms with Gasteiger partial charge >= 0.3 is 0 Å². The molecule has 88 valence electrons. The molecule has 1 fully saturated rings. The third-order valence-electron chi connectivity index (χ3n) is 3.65. The van der Waals surface area contributed by atoms with E-state index >= 15 is 0 Å². The maximum atomic E-state index is 6.18. The quantitative estimate of drug-likeness (QED) is 0.786. The Morgan fingerprint density at radius 1 is 1.44 bits per heavy atom. The van der Waals surface area contributed by atoms with Gasteiger partial charge in [0.15, 0.2) is 0 Å². The van der Waals surface area contributed by atoms with Crippen molar-refractivity contribution in [2.45, 2.75) is 31.7 Å². The second-order valence-corrected chi connectivity index (χ2v) is 4.54. The molecule has 2 N–H and O–H groups in total. The van der Waals surface area contributed by atoms with Crippen LogP contribution in [0.5, 0.6) is 0 Å². The molecule has 2 atom stereocenters. The largest absolute Gasteiger partial charge is 0.362 e. The number of benzene rings is 1. The monoisotopic (exact) mass is 220 g/mol. The van der Waals surface area contributed by atoms with Gasteiger partial charge in [0.25, 0.3) is 0 Å². The van der Waals surface area contributed by atoms with E-state index in [1.807, 2.05) is 6.07 Å². The minimum Gasteiger partial charge on any atom is -0.362 e. The highest BCUT2D eigenvalue weighted by Gasteiger charge is 2.41. The summed E-state index contributed by atoms with van der Waals surface area (Å²) >= 11 is 0. The van der Waals surface area contributed by atoms with Crippen LogP contribution in [0.1, 0.15) is 18.9 Å². The first-order valence-corrected chi connectivity index (χ1v) is 5.78. The summed E-state index contributed by atoms with van der Waals surface area (Å²) in [7, 11) is 1.70. The van der Waals surface area contributed by atoms with Gasteiger partial charge in [0.2, 0.25) is 0 Å².